The molecule has 0 fully saturated rings. The minimum absolute atomic E-state index is 0.0600. The van der Waals surface area contributed by atoms with Crippen molar-refractivity contribution in [1.29, 1.82) is 0 Å². The van der Waals surface area contributed by atoms with E-state index in [-0.39, 0.29) is 16.5 Å². The number of hydrogen-bond acceptors (Lipinski definition) is 4. The van der Waals surface area contributed by atoms with Crippen LogP contribution in [0.5, 0.6) is 0 Å². The summed E-state index contributed by atoms with van der Waals surface area (Å²) in [6, 6.07) is 4.27. The maximum Gasteiger partial charge on any atom is 0.242 e. The van der Waals surface area contributed by atoms with E-state index in [9.17, 15) is 8.42 Å². The molecule has 0 spiro atoms. The molecule has 0 amide bonds. The molecule has 5 nitrogen and oxygen atoms in total. The maximum atomic E-state index is 12.2. The zero-order valence-corrected chi connectivity index (χ0v) is 11.8. The third-order valence-electron chi connectivity index (χ3n) is 2.39. The first-order valence-electron chi connectivity index (χ1n) is 5.38. The van der Waals surface area contributed by atoms with Gasteiger partial charge in [-0.25, -0.2) is 13.1 Å². The van der Waals surface area contributed by atoms with Crippen LogP contribution in [0.25, 0.3) is 0 Å². The van der Waals surface area contributed by atoms with Crippen LogP contribution >= 0.6 is 11.6 Å². The summed E-state index contributed by atoms with van der Waals surface area (Å²) < 4.78 is 26.8. The van der Waals surface area contributed by atoms with Crippen molar-refractivity contribution in [2.45, 2.75) is 30.7 Å². The number of hydrogen-bond donors (Lipinski definition) is 3. The van der Waals surface area contributed by atoms with E-state index in [2.05, 4.69) is 4.72 Å². The highest BCUT2D eigenvalue weighted by atomic mass is 35.5. The first kappa shape index (κ1) is 15.2. The first-order valence-corrected chi connectivity index (χ1v) is 7.24. The second kappa shape index (κ2) is 5.44. The van der Waals surface area contributed by atoms with Crippen molar-refractivity contribution in [1.82, 2.24) is 4.72 Å². The normalized spacial score (nSPS) is 12.7. The van der Waals surface area contributed by atoms with Crippen molar-refractivity contribution in [2.24, 2.45) is 0 Å². The minimum atomic E-state index is -3.77. The molecule has 7 heteroatoms. The van der Waals surface area contributed by atoms with Crippen molar-refractivity contribution in [3.8, 4) is 0 Å². The van der Waals surface area contributed by atoms with Crippen molar-refractivity contribution in [3.63, 3.8) is 0 Å². The van der Waals surface area contributed by atoms with Gasteiger partial charge in [-0.2, -0.15) is 0 Å². The van der Waals surface area contributed by atoms with Gasteiger partial charge in [0.2, 0.25) is 10.0 Å². The van der Waals surface area contributed by atoms with E-state index in [1.54, 1.807) is 13.8 Å². The van der Waals surface area contributed by atoms with Gasteiger partial charge in [-0.3, -0.25) is 0 Å². The lowest BCUT2D eigenvalue weighted by Gasteiger charge is -2.25. The van der Waals surface area contributed by atoms with Crippen LogP contribution < -0.4 is 10.5 Å². The Morgan fingerprint density at radius 3 is 2.61 bits per heavy atom. The summed E-state index contributed by atoms with van der Waals surface area (Å²) in [5, 5.41) is 8.99. The lowest BCUT2D eigenvalue weighted by atomic mass is 10.0. The number of aliphatic hydroxyl groups excluding tert-OH is 1. The fourth-order valence-electron chi connectivity index (χ4n) is 1.48. The van der Waals surface area contributed by atoms with Crippen LogP contribution in [0.2, 0.25) is 5.02 Å². The standard InChI is InChI=1S/C11H17ClN2O3S/c1-11(2,5-6-15)14-18(16,17)10-7-8(13)3-4-9(10)12/h3-4,7,14-15H,5-6,13H2,1-2H3. The average molecular weight is 293 g/mol. The largest absolute Gasteiger partial charge is 0.399 e. The summed E-state index contributed by atoms with van der Waals surface area (Å²) >= 11 is 5.86. The fraction of sp³-hybridized carbons (Fsp3) is 0.455. The van der Waals surface area contributed by atoms with E-state index >= 15 is 0 Å². The van der Waals surface area contributed by atoms with Gasteiger partial charge in [-0.05, 0) is 38.5 Å². The Labute approximate surface area is 112 Å². The summed E-state index contributed by atoms with van der Waals surface area (Å²) in [7, 11) is -3.77. The van der Waals surface area contributed by atoms with Crippen molar-refractivity contribution >= 4 is 27.3 Å². The van der Waals surface area contributed by atoms with E-state index in [0.717, 1.165) is 0 Å². The number of sulfonamides is 1. The van der Waals surface area contributed by atoms with Crippen molar-refractivity contribution in [2.75, 3.05) is 12.3 Å². The summed E-state index contributed by atoms with van der Waals surface area (Å²) in [5.41, 5.74) is 5.11. The third-order valence-corrected chi connectivity index (χ3v) is 4.57. The van der Waals surface area contributed by atoms with Crippen LogP contribution in [-0.2, 0) is 10.0 Å². The molecule has 0 radical (unpaired) electrons. The number of aliphatic hydroxyl groups is 1. The summed E-state index contributed by atoms with van der Waals surface area (Å²) in [5.74, 6) is 0. The minimum Gasteiger partial charge on any atom is -0.399 e. The van der Waals surface area contributed by atoms with Crippen LogP contribution in [0.3, 0.4) is 0 Å². The highest BCUT2D eigenvalue weighted by Gasteiger charge is 2.27. The molecule has 0 aromatic heterocycles. The molecule has 0 saturated carbocycles. The number of nitrogens with one attached hydrogen (secondary N) is 1. The average Bonchev–Trinajstić information content (AvgIpc) is 2.19. The number of rotatable bonds is 5. The number of anilines is 1. The summed E-state index contributed by atoms with van der Waals surface area (Å²) in [4.78, 5) is -0.0600. The van der Waals surface area contributed by atoms with E-state index in [4.69, 9.17) is 22.4 Å². The van der Waals surface area contributed by atoms with Crippen LogP contribution in [0.15, 0.2) is 23.1 Å². The van der Waals surface area contributed by atoms with Gasteiger partial charge in [0.05, 0.1) is 5.02 Å². The van der Waals surface area contributed by atoms with Gasteiger partial charge in [-0.15, -0.1) is 0 Å². The maximum absolute atomic E-state index is 12.2. The van der Waals surface area contributed by atoms with Gasteiger partial charge in [0, 0.05) is 17.8 Å². The first-order chi connectivity index (χ1) is 8.18. The van der Waals surface area contributed by atoms with Crippen molar-refractivity contribution in [3.05, 3.63) is 23.2 Å². The fourth-order valence-corrected chi connectivity index (χ4v) is 3.45. The van der Waals surface area contributed by atoms with Gasteiger partial charge in [0.25, 0.3) is 0 Å². The predicted octanol–water partition coefficient (Wildman–Crippen LogP) is 1.36. The van der Waals surface area contributed by atoms with Crippen LogP contribution in [0.4, 0.5) is 5.69 Å². The molecule has 18 heavy (non-hydrogen) atoms. The van der Waals surface area contributed by atoms with Gasteiger partial charge in [-0.1, -0.05) is 11.6 Å². The molecule has 0 aliphatic rings. The number of nitrogen functional groups attached to an aromatic ring is 1. The number of benzene rings is 1. The second-order valence-electron chi connectivity index (χ2n) is 4.65. The molecule has 1 rings (SSSR count). The van der Waals surface area contributed by atoms with E-state index in [0.29, 0.717) is 12.1 Å². The molecule has 0 heterocycles. The van der Waals surface area contributed by atoms with Gasteiger partial charge >= 0.3 is 0 Å². The number of halogens is 1. The Bertz CT molecular complexity index is 529. The molecule has 0 atom stereocenters. The molecule has 1 aromatic carbocycles. The van der Waals surface area contributed by atoms with Crippen LogP contribution in [0.1, 0.15) is 20.3 Å². The molecule has 0 aliphatic carbocycles. The number of nitrogens with two attached hydrogens (primary N) is 1. The van der Waals surface area contributed by atoms with Crippen LogP contribution in [-0.4, -0.2) is 25.7 Å². The van der Waals surface area contributed by atoms with E-state index in [1.807, 2.05) is 0 Å². The summed E-state index contributed by atoms with van der Waals surface area (Å²) in [6.45, 7) is 3.25. The predicted molar refractivity (Wildman–Crippen MR) is 72.0 cm³/mol. The van der Waals surface area contributed by atoms with Gasteiger partial charge in [0.15, 0.2) is 0 Å². The molecule has 0 aliphatic heterocycles. The van der Waals surface area contributed by atoms with Crippen molar-refractivity contribution < 1.29 is 13.5 Å². The highest BCUT2D eigenvalue weighted by Crippen LogP contribution is 2.25. The quantitative estimate of drug-likeness (QED) is 0.715. The molecular weight excluding hydrogens is 276 g/mol. The highest BCUT2D eigenvalue weighted by molar-refractivity contribution is 7.89. The Morgan fingerprint density at radius 1 is 1.44 bits per heavy atom. The Morgan fingerprint density at radius 2 is 2.06 bits per heavy atom. The van der Waals surface area contributed by atoms with Gasteiger partial charge in [0.1, 0.15) is 4.90 Å². The SMILES string of the molecule is CC(C)(CCO)NS(=O)(=O)c1cc(N)ccc1Cl. The Hall–Kier alpha value is -0.820. The van der Waals surface area contributed by atoms with Gasteiger partial charge < -0.3 is 10.8 Å². The Kier molecular flexibility index (Phi) is 4.61. The second-order valence-corrected chi connectivity index (χ2v) is 6.71. The molecular formula is C11H17ClN2O3S. The lowest BCUT2D eigenvalue weighted by Crippen LogP contribution is -2.44. The summed E-state index contributed by atoms with van der Waals surface area (Å²) in [6.07, 6.45) is 0.298. The zero-order valence-electron chi connectivity index (χ0n) is 10.3. The zero-order chi connectivity index (χ0) is 14.0. The smallest absolute Gasteiger partial charge is 0.242 e. The third kappa shape index (κ3) is 3.84. The molecule has 4 N–H and O–H groups in total. The molecule has 0 bridgehead atoms. The van der Waals surface area contributed by atoms with E-state index in [1.165, 1.54) is 18.2 Å². The molecule has 1 aromatic rings. The Balaban J connectivity index is 3.11. The topological polar surface area (TPSA) is 92.4 Å². The monoisotopic (exact) mass is 292 g/mol. The molecule has 0 saturated heterocycles. The van der Waals surface area contributed by atoms with Crippen LogP contribution in [0, 0.1) is 0 Å². The molecule has 0 unspecified atom stereocenters. The van der Waals surface area contributed by atoms with E-state index < -0.39 is 15.6 Å². The molecule has 102 valence electrons. The lowest BCUT2D eigenvalue weighted by molar-refractivity contribution is 0.246.